The second-order valence-corrected chi connectivity index (χ2v) is 5.19. The zero-order valence-corrected chi connectivity index (χ0v) is 14.8. The Hall–Kier alpha value is -3.22. The highest BCUT2D eigenvalue weighted by Gasteiger charge is 2.13. The van der Waals surface area contributed by atoms with Gasteiger partial charge in [-0.15, -0.1) is 0 Å². The maximum absolute atomic E-state index is 11.8. The molecule has 0 aliphatic rings. The first-order valence-corrected chi connectivity index (χ1v) is 8.21. The van der Waals surface area contributed by atoms with Crippen LogP contribution >= 0.6 is 0 Å². The van der Waals surface area contributed by atoms with Crippen molar-refractivity contribution in [1.82, 2.24) is 5.32 Å². The van der Waals surface area contributed by atoms with Crippen LogP contribution in [0.1, 0.15) is 6.92 Å². The average molecular weight is 358 g/mol. The van der Waals surface area contributed by atoms with Gasteiger partial charge in [-0.1, -0.05) is 0 Å². The zero-order chi connectivity index (χ0) is 18.8. The number of methoxy groups -OCH3 is 1. The van der Waals surface area contributed by atoms with Crippen molar-refractivity contribution in [3.05, 3.63) is 48.5 Å². The maximum Gasteiger partial charge on any atom is 0.313 e. The third-order valence-electron chi connectivity index (χ3n) is 3.35. The molecule has 0 saturated heterocycles. The average Bonchev–Trinajstić information content (AvgIpc) is 2.67. The summed E-state index contributed by atoms with van der Waals surface area (Å²) in [6.45, 7) is 2.90. The number of ether oxygens (including phenoxy) is 3. The standard InChI is InChI=1S/C19H22N2O5/c1-3-25-16-6-4-14(5-7-16)21-19(23)18(22)20-12-13-26-17-10-8-15(24-2)9-11-17/h4-11H,3,12-13H2,1-2H3,(H,20,22)(H,21,23). The SMILES string of the molecule is CCOc1ccc(NC(=O)C(=O)NCCOc2ccc(OC)cc2)cc1. The van der Waals surface area contributed by atoms with Gasteiger partial charge in [0.1, 0.15) is 23.9 Å². The van der Waals surface area contributed by atoms with Gasteiger partial charge in [0.05, 0.1) is 20.3 Å². The molecule has 0 fully saturated rings. The van der Waals surface area contributed by atoms with E-state index in [9.17, 15) is 9.59 Å². The minimum atomic E-state index is -0.737. The highest BCUT2D eigenvalue weighted by Crippen LogP contribution is 2.17. The molecule has 0 aliphatic carbocycles. The first-order chi connectivity index (χ1) is 12.6. The van der Waals surface area contributed by atoms with Gasteiger partial charge in [-0.05, 0) is 55.5 Å². The van der Waals surface area contributed by atoms with Crippen molar-refractivity contribution in [2.45, 2.75) is 6.92 Å². The van der Waals surface area contributed by atoms with E-state index in [-0.39, 0.29) is 13.2 Å². The van der Waals surface area contributed by atoms with E-state index in [0.717, 1.165) is 5.75 Å². The molecule has 0 heterocycles. The number of benzene rings is 2. The van der Waals surface area contributed by atoms with Crippen LogP contribution in [0.4, 0.5) is 5.69 Å². The lowest BCUT2D eigenvalue weighted by atomic mass is 10.3. The van der Waals surface area contributed by atoms with Crippen LogP contribution in [0.15, 0.2) is 48.5 Å². The van der Waals surface area contributed by atoms with Crippen molar-refractivity contribution in [1.29, 1.82) is 0 Å². The Morgan fingerprint density at radius 1 is 0.846 bits per heavy atom. The minimum Gasteiger partial charge on any atom is -0.497 e. The second kappa shape index (κ2) is 9.93. The van der Waals surface area contributed by atoms with Gasteiger partial charge in [0.15, 0.2) is 0 Å². The topological polar surface area (TPSA) is 85.9 Å². The van der Waals surface area contributed by atoms with Crippen molar-refractivity contribution in [2.75, 3.05) is 32.2 Å². The van der Waals surface area contributed by atoms with E-state index in [4.69, 9.17) is 14.2 Å². The minimum absolute atomic E-state index is 0.210. The van der Waals surface area contributed by atoms with Gasteiger partial charge in [-0.3, -0.25) is 9.59 Å². The predicted molar refractivity (Wildman–Crippen MR) is 97.7 cm³/mol. The summed E-state index contributed by atoms with van der Waals surface area (Å²) >= 11 is 0. The molecule has 2 rings (SSSR count). The Balaban J connectivity index is 1.70. The summed E-state index contributed by atoms with van der Waals surface area (Å²) in [6, 6.07) is 13.9. The van der Waals surface area contributed by atoms with Gasteiger partial charge in [0.2, 0.25) is 0 Å². The third kappa shape index (κ3) is 6.01. The molecule has 0 radical (unpaired) electrons. The Labute approximate surface area is 152 Å². The van der Waals surface area contributed by atoms with Gasteiger partial charge in [0.25, 0.3) is 0 Å². The number of hydrogen-bond donors (Lipinski definition) is 2. The van der Waals surface area contributed by atoms with Gasteiger partial charge >= 0.3 is 11.8 Å². The molecule has 2 aromatic carbocycles. The Kier molecular flexibility index (Phi) is 7.30. The molecular formula is C19H22N2O5. The van der Waals surface area contributed by atoms with Crippen LogP contribution in [0.2, 0.25) is 0 Å². The molecule has 138 valence electrons. The van der Waals surface area contributed by atoms with E-state index in [1.807, 2.05) is 6.92 Å². The Morgan fingerprint density at radius 2 is 1.42 bits per heavy atom. The number of rotatable bonds is 8. The van der Waals surface area contributed by atoms with Crippen LogP contribution in [-0.4, -0.2) is 38.7 Å². The van der Waals surface area contributed by atoms with E-state index in [1.165, 1.54) is 0 Å². The molecule has 2 N–H and O–H groups in total. The van der Waals surface area contributed by atoms with E-state index in [2.05, 4.69) is 10.6 Å². The number of nitrogens with one attached hydrogen (secondary N) is 2. The van der Waals surface area contributed by atoms with Crippen molar-refractivity contribution < 1.29 is 23.8 Å². The van der Waals surface area contributed by atoms with E-state index in [0.29, 0.717) is 23.8 Å². The summed E-state index contributed by atoms with van der Waals surface area (Å²) < 4.78 is 15.8. The molecule has 0 spiro atoms. The molecule has 0 atom stereocenters. The lowest BCUT2D eigenvalue weighted by molar-refractivity contribution is -0.136. The lowest BCUT2D eigenvalue weighted by Crippen LogP contribution is -2.37. The summed E-state index contributed by atoms with van der Waals surface area (Å²) in [5.74, 6) is 0.622. The number of carbonyl (C=O) groups is 2. The summed E-state index contributed by atoms with van der Waals surface area (Å²) in [5.41, 5.74) is 0.517. The molecule has 2 amide bonds. The molecule has 0 saturated carbocycles. The fraction of sp³-hybridized carbons (Fsp3) is 0.263. The van der Waals surface area contributed by atoms with Crippen LogP contribution < -0.4 is 24.8 Å². The van der Waals surface area contributed by atoms with Crippen molar-refractivity contribution >= 4 is 17.5 Å². The third-order valence-corrected chi connectivity index (χ3v) is 3.35. The van der Waals surface area contributed by atoms with Crippen LogP contribution in [0.3, 0.4) is 0 Å². The van der Waals surface area contributed by atoms with Crippen molar-refractivity contribution in [2.24, 2.45) is 0 Å². The van der Waals surface area contributed by atoms with Crippen molar-refractivity contribution in [3.63, 3.8) is 0 Å². The molecule has 0 aliphatic heterocycles. The molecule has 7 nitrogen and oxygen atoms in total. The number of amides is 2. The highest BCUT2D eigenvalue weighted by atomic mass is 16.5. The Morgan fingerprint density at radius 3 is 2.04 bits per heavy atom. The van der Waals surface area contributed by atoms with Gasteiger partial charge in [-0.2, -0.15) is 0 Å². The Bertz CT molecular complexity index is 714. The van der Waals surface area contributed by atoms with Crippen LogP contribution in [-0.2, 0) is 9.59 Å². The van der Waals surface area contributed by atoms with Gasteiger partial charge < -0.3 is 24.8 Å². The number of anilines is 1. The fourth-order valence-corrected chi connectivity index (χ4v) is 2.07. The molecule has 2 aromatic rings. The zero-order valence-electron chi connectivity index (χ0n) is 14.8. The van der Waals surface area contributed by atoms with Crippen LogP contribution in [0.5, 0.6) is 17.2 Å². The van der Waals surface area contributed by atoms with E-state index >= 15 is 0 Å². The second-order valence-electron chi connectivity index (χ2n) is 5.19. The van der Waals surface area contributed by atoms with Crippen LogP contribution in [0, 0.1) is 0 Å². The number of carbonyl (C=O) groups excluding carboxylic acids is 2. The molecule has 26 heavy (non-hydrogen) atoms. The quantitative estimate of drug-likeness (QED) is 0.558. The largest absolute Gasteiger partial charge is 0.497 e. The lowest BCUT2D eigenvalue weighted by Gasteiger charge is -2.09. The van der Waals surface area contributed by atoms with Crippen molar-refractivity contribution in [3.8, 4) is 17.2 Å². The molecule has 0 bridgehead atoms. The fourth-order valence-electron chi connectivity index (χ4n) is 2.07. The van der Waals surface area contributed by atoms with E-state index < -0.39 is 11.8 Å². The maximum atomic E-state index is 11.8. The monoisotopic (exact) mass is 358 g/mol. The smallest absolute Gasteiger partial charge is 0.313 e. The summed E-state index contributed by atoms with van der Waals surface area (Å²) in [5, 5.41) is 5.02. The first kappa shape index (κ1) is 19.1. The summed E-state index contributed by atoms with van der Waals surface area (Å²) in [6.07, 6.45) is 0. The normalized spacial score (nSPS) is 9.92. The predicted octanol–water partition coefficient (Wildman–Crippen LogP) is 2.23. The molecule has 0 unspecified atom stereocenters. The molecular weight excluding hydrogens is 336 g/mol. The van der Waals surface area contributed by atoms with Gasteiger partial charge in [0, 0.05) is 5.69 Å². The summed E-state index contributed by atoms with van der Waals surface area (Å²) in [4.78, 5) is 23.6. The van der Waals surface area contributed by atoms with E-state index in [1.54, 1.807) is 55.6 Å². The van der Waals surface area contributed by atoms with Gasteiger partial charge in [-0.25, -0.2) is 0 Å². The summed E-state index contributed by atoms with van der Waals surface area (Å²) in [7, 11) is 1.59. The molecule has 0 aromatic heterocycles. The highest BCUT2D eigenvalue weighted by molar-refractivity contribution is 6.39. The molecule has 7 heteroatoms. The van der Waals surface area contributed by atoms with Crippen LogP contribution in [0.25, 0.3) is 0 Å². The number of hydrogen-bond acceptors (Lipinski definition) is 5. The first-order valence-electron chi connectivity index (χ1n) is 8.21.